The molecule has 3 nitrogen and oxygen atoms in total. The lowest BCUT2D eigenvalue weighted by molar-refractivity contribution is 0.296. The molecular formula is C27H33NO2. The van der Waals surface area contributed by atoms with Crippen LogP contribution < -0.4 is 9.47 Å². The van der Waals surface area contributed by atoms with E-state index in [4.69, 9.17) is 14.5 Å². The van der Waals surface area contributed by atoms with Gasteiger partial charge in [0.15, 0.2) is 0 Å². The summed E-state index contributed by atoms with van der Waals surface area (Å²) < 4.78 is 11.7. The highest BCUT2D eigenvalue weighted by atomic mass is 16.5. The van der Waals surface area contributed by atoms with E-state index in [2.05, 4.69) is 65.0 Å². The smallest absolute Gasteiger partial charge is 0.129 e. The molecule has 3 rings (SSSR count). The van der Waals surface area contributed by atoms with Crippen LogP contribution in [0.5, 0.6) is 11.5 Å². The fraction of sp³-hybridized carbons (Fsp3) is 0.370. The normalized spacial score (nSPS) is 11.4. The first kappa shape index (κ1) is 21.9. The third-order valence-electron chi connectivity index (χ3n) is 5.53. The maximum absolute atomic E-state index is 6.02. The van der Waals surface area contributed by atoms with Crippen LogP contribution in [0.1, 0.15) is 56.9 Å². The third-order valence-corrected chi connectivity index (χ3v) is 5.53. The van der Waals surface area contributed by atoms with Crippen molar-refractivity contribution in [1.29, 1.82) is 0 Å². The Morgan fingerprint density at radius 3 is 2.03 bits per heavy atom. The minimum absolute atomic E-state index is 0.133. The first-order valence-corrected chi connectivity index (χ1v) is 10.7. The molecule has 30 heavy (non-hydrogen) atoms. The number of methoxy groups -OCH3 is 1. The van der Waals surface area contributed by atoms with E-state index in [0.29, 0.717) is 6.61 Å². The van der Waals surface area contributed by atoms with Crippen LogP contribution in [-0.4, -0.2) is 12.1 Å². The summed E-state index contributed by atoms with van der Waals surface area (Å²) in [7, 11) is 1.70. The van der Waals surface area contributed by atoms with Crippen molar-refractivity contribution in [2.45, 2.75) is 59.5 Å². The third kappa shape index (κ3) is 4.84. The van der Waals surface area contributed by atoms with E-state index in [1.807, 2.05) is 24.4 Å². The molecule has 0 aliphatic heterocycles. The lowest BCUT2D eigenvalue weighted by atomic mass is 9.87. The van der Waals surface area contributed by atoms with Gasteiger partial charge in [0.1, 0.15) is 18.1 Å². The van der Waals surface area contributed by atoms with Gasteiger partial charge in [-0.25, -0.2) is 0 Å². The molecule has 0 aliphatic rings. The largest absolute Gasteiger partial charge is 0.496 e. The number of nitrogens with zero attached hydrogens (tertiary/aromatic N) is 1. The second kappa shape index (κ2) is 9.34. The van der Waals surface area contributed by atoms with Crippen LogP contribution in [0.4, 0.5) is 0 Å². The van der Waals surface area contributed by atoms with Gasteiger partial charge in [0, 0.05) is 23.4 Å². The van der Waals surface area contributed by atoms with E-state index in [0.717, 1.165) is 35.6 Å². The lowest BCUT2D eigenvalue weighted by Crippen LogP contribution is -2.10. The maximum atomic E-state index is 6.02. The Hall–Kier alpha value is -2.81. The quantitative estimate of drug-likeness (QED) is 0.437. The lowest BCUT2D eigenvalue weighted by Gasteiger charge is -2.19. The van der Waals surface area contributed by atoms with Gasteiger partial charge in [-0.2, -0.15) is 0 Å². The minimum atomic E-state index is 0.133. The van der Waals surface area contributed by atoms with E-state index in [9.17, 15) is 0 Å². The molecule has 158 valence electrons. The van der Waals surface area contributed by atoms with Gasteiger partial charge in [0.25, 0.3) is 0 Å². The van der Waals surface area contributed by atoms with Crippen molar-refractivity contribution in [3.63, 3.8) is 0 Å². The Labute approximate surface area is 181 Å². The van der Waals surface area contributed by atoms with Crippen LogP contribution in [-0.2, 0) is 24.9 Å². The molecule has 0 bridgehead atoms. The van der Waals surface area contributed by atoms with Crippen LogP contribution in [0.2, 0.25) is 0 Å². The molecule has 0 spiro atoms. The predicted octanol–water partition coefficient (Wildman–Crippen LogP) is 6.76. The van der Waals surface area contributed by atoms with Gasteiger partial charge in [0.2, 0.25) is 0 Å². The predicted molar refractivity (Wildman–Crippen MR) is 124 cm³/mol. The van der Waals surface area contributed by atoms with Crippen molar-refractivity contribution in [2.24, 2.45) is 0 Å². The summed E-state index contributed by atoms with van der Waals surface area (Å²) in [5, 5.41) is 0. The number of aryl methyl sites for hydroxylation is 2. The number of benzene rings is 2. The molecule has 0 saturated heterocycles. The zero-order valence-corrected chi connectivity index (χ0v) is 19.1. The highest BCUT2D eigenvalue weighted by Crippen LogP contribution is 2.32. The van der Waals surface area contributed by atoms with Crippen molar-refractivity contribution in [3.8, 4) is 22.8 Å². The van der Waals surface area contributed by atoms with Gasteiger partial charge in [0.05, 0.1) is 12.8 Å². The maximum Gasteiger partial charge on any atom is 0.129 e. The molecular weight excluding hydrogens is 370 g/mol. The van der Waals surface area contributed by atoms with Gasteiger partial charge in [-0.15, -0.1) is 0 Å². The molecule has 0 atom stereocenters. The van der Waals surface area contributed by atoms with Crippen molar-refractivity contribution in [3.05, 3.63) is 77.0 Å². The van der Waals surface area contributed by atoms with Gasteiger partial charge in [-0.1, -0.05) is 65.0 Å². The van der Waals surface area contributed by atoms with Crippen molar-refractivity contribution in [1.82, 2.24) is 4.98 Å². The number of hydrogen-bond acceptors (Lipinski definition) is 3. The van der Waals surface area contributed by atoms with Crippen LogP contribution in [0, 0.1) is 0 Å². The van der Waals surface area contributed by atoms with Gasteiger partial charge < -0.3 is 9.47 Å². The first-order valence-electron chi connectivity index (χ1n) is 10.7. The molecule has 3 heteroatoms. The highest BCUT2D eigenvalue weighted by molar-refractivity contribution is 5.69. The van der Waals surface area contributed by atoms with Crippen molar-refractivity contribution < 1.29 is 9.47 Å². The number of aromatic nitrogens is 1. The zero-order chi connectivity index (χ0) is 21.7. The fourth-order valence-electron chi connectivity index (χ4n) is 3.68. The second-order valence-electron chi connectivity index (χ2n) is 8.60. The summed E-state index contributed by atoms with van der Waals surface area (Å²) in [5.41, 5.74) is 7.17. The zero-order valence-electron chi connectivity index (χ0n) is 19.1. The van der Waals surface area contributed by atoms with Crippen LogP contribution in [0.25, 0.3) is 11.3 Å². The van der Waals surface area contributed by atoms with E-state index in [-0.39, 0.29) is 5.41 Å². The Balaban J connectivity index is 1.84. The molecule has 0 unspecified atom stereocenters. The Kier molecular flexibility index (Phi) is 6.81. The van der Waals surface area contributed by atoms with Crippen LogP contribution in [0.15, 0.2) is 54.7 Å². The fourth-order valence-corrected chi connectivity index (χ4v) is 3.68. The highest BCUT2D eigenvalue weighted by Gasteiger charge is 2.15. The van der Waals surface area contributed by atoms with Crippen molar-refractivity contribution >= 4 is 0 Å². The van der Waals surface area contributed by atoms with E-state index >= 15 is 0 Å². The SMILES string of the molecule is CCc1cccc(CC)c1-c1cc(OC)c(COc2ccc(C(C)(C)C)cc2)cn1. The second-order valence-corrected chi connectivity index (χ2v) is 8.60. The summed E-state index contributed by atoms with van der Waals surface area (Å²) in [6, 6.07) is 16.8. The molecule has 0 fully saturated rings. The molecule has 0 amide bonds. The first-order chi connectivity index (χ1) is 14.4. The average molecular weight is 404 g/mol. The summed E-state index contributed by atoms with van der Waals surface area (Å²) >= 11 is 0. The number of ether oxygens (including phenoxy) is 2. The number of hydrogen-bond donors (Lipinski definition) is 0. The molecule has 3 aromatic rings. The standard InChI is InChI=1S/C27H33NO2/c1-7-19-10-9-11-20(8-2)26(19)24-16-25(29-6)21(17-28-24)18-30-23-14-12-22(13-15-23)27(3,4)5/h9-17H,7-8,18H2,1-6H3. The van der Waals surface area contributed by atoms with E-state index in [1.165, 1.54) is 22.3 Å². The molecule has 0 saturated carbocycles. The summed E-state index contributed by atoms with van der Waals surface area (Å²) in [6.45, 7) is 11.4. The average Bonchev–Trinajstić information content (AvgIpc) is 2.76. The minimum Gasteiger partial charge on any atom is -0.496 e. The molecule has 0 aliphatic carbocycles. The van der Waals surface area contributed by atoms with Gasteiger partial charge in [-0.3, -0.25) is 4.98 Å². The van der Waals surface area contributed by atoms with Crippen LogP contribution >= 0.6 is 0 Å². The molecule has 1 aromatic heterocycles. The number of rotatable bonds is 7. The Morgan fingerprint density at radius 2 is 1.50 bits per heavy atom. The summed E-state index contributed by atoms with van der Waals surface area (Å²) in [4.78, 5) is 4.77. The van der Waals surface area contributed by atoms with E-state index < -0.39 is 0 Å². The monoisotopic (exact) mass is 403 g/mol. The topological polar surface area (TPSA) is 31.4 Å². The van der Waals surface area contributed by atoms with Crippen molar-refractivity contribution in [2.75, 3.05) is 7.11 Å². The van der Waals surface area contributed by atoms with E-state index in [1.54, 1.807) is 7.11 Å². The van der Waals surface area contributed by atoms with Gasteiger partial charge in [-0.05, 0) is 47.1 Å². The Bertz CT molecular complexity index is 962. The summed E-state index contributed by atoms with van der Waals surface area (Å²) in [5.74, 6) is 1.65. The molecule has 0 radical (unpaired) electrons. The Morgan fingerprint density at radius 1 is 0.867 bits per heavy atom. The summed E-state index contributed by atoms with van der Waals surface area (Å²) in [6.07, 6.45) is 3.83. The molecule has 0 N–H and O–H groups in total. The van der Waals surface area contributed by atoms with Gasteiger partial charge >= 0.3 is 0 Å². The van der Waals surface area contributed by atoms with Crippen LogP contribution in [0.3, 0.4) is 0 Å². The number of pyridine rings is 1. The molecule has 2 aromatic carbocycles. The molecule has 1 heterocycles.